The Balaban J connectivity index is 2.53. The lowest BCUT2D eigenvalue weighted by Gasteiger charge is -2.23. The number of hydrogen-bond acceptors (Lipinski definition) is 2. The van der Waals surface area contributed by atoms with E-state index in [9.17, 15) is 13.2 Å². The van der Waals surface area contributed by atoms with E-state index in [-0.39, 0.29) is 0 Å². The molecule has 0 unspecified atom stereocenters. The van der Waals surface area contributed by atoms with Crippen LogP contribution in [0.5, 0.6) is 5.75 Å². The smallest absolute Gasteiger partial charge is 0.433 e. The standard InChI is InChI=1S/C15H17F3N2O/c1-14(2,3)20-13(15(16,17)18)9-12(19-20)10-5-7-11(21-4)8-6-10/h5-9H,1-4H3. The van der Waals surface area contributed by atoms with E-state index >= 15 is 0 Å². The van der Waals surface area contributed by atoms with Crippen molar-refractivity contribution >= 4 is 0 Å². The Labute approximate surface area is 121 Å². The van der Waals surface area contributed by atoms with Gasteiger partial charge in [-0.1, -0.05) is 0 Å². The first-order chi connectivity index (χ1) is 9.63. The zero-order valence-electron chi connectivity index (χ0n) is 12.3. The predicted molar refractivity (Wildman–Crippen MR) is 74.2 cm³/mol. The van der Waals surface area contributed by atoms with E-state index in [1.54, 1.807) is 45.0 Å². The summed E-state index contributed by atoms with van der Waals surface area (Å²) in [7, 11) is 1.53. The summed E-state index contributed by atoms with van der Waals surface area (Å²) in [5.74, 6) is 0.644. The van der Waals surface area contributed by atoms with Crippen molar-refractivity contribution < 1.29 is 17.9 Å². The zero-order chi connectivity index (χ0) is 15.8. The molecule has 0 bridgehead atoms. The maximum Gasteiger partial charge on any atom is 0.433 e. The second-order valence-electron chi connectivity index (χ2n) is 5.72. The van der Waals surface area contributed by atoms with Crippen molar-refractivity contribution in [3.63, 3.8) is 0 Å². The molecule has 1 aromatic carbocycles. The van der Waals surface area contributed by atoms with Gasteiger partial charge in [0, 0.05) is 5.56 Å². The van der Waals surface area contributed by atoms with Crippen LogP contribution in [0.4, 0.5) is 13.2 Å². The molecule has 21 heavy (non-hydrogen) atoms. The summed E-state index contributed by atoms with van der Waals surface area (Å²) in [6.45, 7) is 5.06. The van der Waals surface area contributed by atoms with Gasteiger partial charge in [-0.15, -0.1) is 0 Å². The largest absolute Gasteiger partial charge is 0.497 e. The van der Waals surface area contributed by atoms with Crippen LogP contribution in [0.25, 0.3) is 11.3 Å². The number of alkyl halides is 3. The van der Waals surface area contributed by atoms with Crippen molar-refractivity contribution in [1.82, 2.24) is 9.78 Å². The molecule has 1 heterocycles. The zero-order valence-corrected chi connectivity index (χ0v) is 12.3. The third-order valence-electron chi connectivity index (χ3n) is 3.02. The van der Waals surface area contributed by atoms with E-state index in [1.807, 2.05) is 0 Å². The minimum absolute atomic E-state index is 0.292. The van der Waals surface area contributed by atoms with Gasteiger partial charge in [0.1, 0.15) is 11.4 Å². The number of aromatic nitrogens is 2. The highest BCUT2D eigenvalue weighted by molar-refractivity contribution is 5.60. The maximum absolute atomic E-state index is 13.1. The number of nitrogens with zero attached hydrogens (tertiary/aromatic N) is 2. The van der Waals surface area contributed by atoms with Crippen LogP contribution in [0.3, 0.4) is 0 Å². The molecule has 0 atom stereocenters. The van der Waals surface area contributed by atoms with Gasteiger partial charge in [0.15, 0.2) is 0 Å². The summed E-state index contributed by atoms with van der Waals surface area (Å²) < 4.78 is 45.5. The molecule has 0 aliphatic rings. The fraction of sp³-hybridized carbons (Fsp3) is 0.400. The molecule has 0 spiro atoms. The van der Waals surface area contributed by atoms with Crippen LogP contribution in [0.15, 0.2) is 30.3 Å². The number of halogens is 3. The number of ether oxygens (including phenoxy) is 1. The van der Waals surface area contributed by atoms with Gasteiger partial charge in [0.05, 0.1) is 18.3 Å². The van der Waals surface area contributed by atoms with Crippen LogP contribution in [0.2, 0.25) is 0 Å². The summed E-state index contributed by atoms with van der Waals surface area (Å²) in [5, 5.41) is 4.13. The lowest BCUT2D eigenvalue weighted by Crippen LogP contribution is -2.28. The summed E-state index contributed by atoms with van der Waals surface area (Å²) >= 11 is 0. The lowest BCUT2D eigenvalue weighted by molar-refractivity contribution is -0.146. The van der Waals surface area contributed by atoms with E-state index in [1.165, 1.54) is 7.11 Å². The highest BCUT2D eigenvalue weighted by Crippen LogP contribution is 2.35. The predicted octanol–water partition coefficient (Wildman–Crippen LogP) is 4.33. The van der Waals surface area contributed by atoms with E-state index in [0.717, 1.165) is 10.7 Å². The number of methoxy groups -OCH3 is 1. The molecule has 0 amide bonds. The van der Waals surface area contributed by atoms with Crippen LogP contribution in [-0.4, -0.2) is 16.9 Å². The molecule has 3 nitrogen and oxygen atoms in total. The van der Waals surface area contributed by atoms with Crippen LogP contribution in [0, 0.1) is 0 Å². The van der Waals surface area contributed by atoms with Gasteiger partial charge in [0.25, 0.3) is 0 Å². The van der Waals surface area contributed by atoms with Gasteiger partial charge in [-0.2, -0.15) is 18.3 Å². The van der Waals surface area contributed by atoms with E-state index in [4.69, 9.17) is 4.74 Å². The molecule has 1 aromatic heterocycles. The number of rotatable bonds is 2. The van der Waals surface area contributed by atoms with Crippen LogP contribution < -0.4 is 4.74 Å². The minimum atomic E-state index is -4.44. The molecule has 0 fully saturated rings. The Hall–Kier alpha value is -1.98. The Bertz CT molecular complexity index is 590. The molecule has 0 radical (unpaired) electrons. The topological polar surface area (TPSA) is 27.1 Å². The third-order valence-corrected chi connectivity index (χ3v) is 3.02. The number of benzene rings is 1. The van der Waals surface area contributed by atoms with Crippen molar-refractivity contribution in [2.24, 2.45) is 0 Å². The lowest BCUT2D eigenvalue weighted by atomic mass is 10.1. The van der Waals surface area contributed by atoms with Gasteiger partial charge in [0.2, 0.25) is 0 Å². The van der Waals surface area contributed by atoms with Gasteiger partial charge in [-0.05, 0) is 51.1 Å². The molecule has 2 rings (SSSR count). The van der Waals surface area contributed by atoms with E-state index in [2.05, 4.69) is 5.10 Å². The molecule has 2 aromatic rings. The SMILES string of the molecule is COc1ccc(-c2cc(C(F)(F)F)n(C(C)(C)C)n2)cc1. The van der Waals surface area contributed by atoms with E-state index < -0.39 is 17.4 Å². The molecule has 114 valence electrons. The highest BCUT2D eigenvalue weighted by atomic mass is 19.4. The Kier molecular flexibility index (Phi) is 3.74. The van der Waals surface area contributed by atoms with Crippen molar-refractivity contribution in [2.75, 3.05) is 7.11 Å². The average molecular weight is 298 g/mol. The highest BCUT2D eigenvalue weighted by Gasteiger charge is 2.38. The first-order valence-corrected chi connectivity index (χ1v) is 6.45. The van der Waals surface area contributed by atoms with Crippen LogP contribution >= 0.6 is 0 Å². The van der Waals surface area contributed by atoms with Gasteiger partial charge >= 0.3 is 6.18 Å². The van der Waals surface area contributed by atoms with Crippen molar-refractivity contribution in [3.05, 3.63) is 36.0 Å². The third kappa shape index (κ3) is 3.20. The molecular formula is C15H17F3N2O. The Morgan fingerprint density at radius 3 is 2.00 bits per heavy atom. The summed E-state index contributed by atoms with van der Waals surface area (Å²) in [5.41, 5.74) is -0.597. The average Bonchev–Trinajstić information content (AvgIpc) is 2.84. The van der Waals surface area contributed by atoms with Gasteiger partial charge in [-0.25, -0.2) is 0 Å². The monoisotopic (exact) mass is 298 g/mol. The van der Waals surface area contributed by atoms with E-state index in [0.29, 0.717) is 17.0 Å². The first kappa shape index (κ1) is 15.4. The van der Waals surface area contributed by atoms with Crippen molar-refractivity contribution in [1.29, 1.82) is 0 Å². The maximum atomic E-state index is 13.1. The van der Waals surface area contributed by atoms with Crippen LogP contribution in [-0.2, 0) is 11.7 Å². The second kappa shape index (κ2) is 5.09. The summed E-state index contributed by atoms with van der Waals surface area (Å²) in [6.07, 6.45) is -4.44. The molecule has 0 saturated carbocycles. The Morgan fingerprint density at radius 2 is 1.62 bits per heavy atom. The molecule has 0 saturated heterocycles. The van der Waals surface area contributed by atoms with Gasteiger partial charge < -0.3 is 4.74 Å². The summed E-state index contributed by atoms with van der Waals surface area (Å²) in [6, 6.07) is 7.84. The molecule has 0 aliphatic heterocycles. The van der Waals surface area contributed by atoms with Crippen molar-refractivity contribution in [3.8, 4) is 17.0 Å². The Morgan fingerprint density at radius 1 is 1.05 bits per heavy atom. The molecule has 0 N–H and O–H groups in total. The van der Waals surface area contributed by atoms with Crippen LogP contribution in [0.1, 0.15) is 26.5 Å². The summed E-state index contributed by atoms with van der Waals surface area (Å²) in [4.78, 5) is 0. The molecule has 6 heteroatoms. The normalized spacial score (nSPS) is 12.5. The fourth-order valence-corrected chi connectivity index (χ4v) is 2.00. The van der Waals surface area contributed by atoms with Crippen molar-refractivity contribution in [2.45, 2.75) is 32.5 Å². The van der Waals surface area contributed by atoms with Gasteiger partial charge in [-0.3, -0.25) is 4.68 Å². The quantitative estimate of drug-likeness (QED) is 0.825. The molecule has 0 aliphatic carbocycles. The first-order valence-electron chi connectivity index (χ1n) is 6.45. The second-order valence-corrected chi connectivity index (χ2v) is 5.72. The minimum Gasteiger partial charge on any atom is -0.497 e. The fourth-order valence-electron chi connectivity index (χ4n) is 2.00. The molecular weight excluding hydrogens is 281 g/mol. The number of hydrogen-bond donors (Lipinski definition) is 0.